The van der Waals surface area contributed by atoms with Gasteiger partial charge in [0.1, 0.15) is 11.6 Å². The molecule has 1 aromatic carbocycles. The lowest BCUT2D eigenvalue weighted by Gasteiger charge is -2.21. The minimum Gasteiger partial charge on any atom is -0.357 e. The van der Waals surface area contributed by atoms with Gasteiger partial charge in [-0.1, -0.05) is 12.1 Å². The Morgan fingerprint density at radius 1 is 1.29 bits per heavy atom. The zero-order valence-electron chi connectivity index (χ0n) is 9.87. The average molecular weight is 297 g/mol. The lowest BCUT2D eigenvalue weighted by molar-refractivity contribution is 0.639. The Balaban J connectivity index is 2.74. The van der Waals surface area contributed by atoms with Crippen molar-refractivity contribution in [3.05, 3.63) is 34.7 Å². The van der Waals surface area contributed by atoms with E-state index in [1.165, 1.54) is 6.07 Å². The van der Waals surface area contributed by atoms with Crippen molar-refractivity contribution < 1.29 is 4.39 Å². The van der Waals surface area contributed by atoms with Crippen LogP contribution in [0.5, 0.6) is 0 Å². The number of anilines is 1. The van der Waals surface area contributed by atoms with Crippen molar-refractivity contribution in [2.75, 3.05) is 18.0 Å². The summed E-state index contributed by atoms with van der Waals surface area (Å²) in [5.74, 6) is 0.623. The molecule has 0 amide bonds. The monoisotopic (exact) mass is 296 g/mol. The van der Waals surface area contributed by atoms with Gasteiger partial charge in [-0.25, -0.2) is 9.37 Å². The number of pyridine rings is 1. The largest absolute Gasteiger partial charge is 0.357 e. The molecule has 0 atom stereocenters. The lowest BCUT2D eigenvalue weighted by atomic mass is 10.1. The summed E-state index contributed by atoms with van der Waals surface area (Å²) in [5.41, 5.74) is 0. The van der Waals surface area contributed by atoms with Crippen LogP contribution in [0.4, 0.5) is 10.2 Å². The van der Waals surface area contributed by atoms with Crippen LogP contribution in [-0.4, -0.2) is 18.1 Å². The van der Waals surface area contributed by atoms with E-state index in [1.54, 1.807) is 12.3 Å². The fraction of sp³-hybridized carbons (Fsp3) is 0.308. The fourth-order valence-electron chi connectivity index (χ4n) is 1.98. The molecule has 2 rings (SSSR count). The summed E-state index contributed by atoms with van der Waals surface area (Å²) in [4.78, 5) is 6.52. The van der Waals surface area contributed by atoms with Gasteiger partial charge in [-0.05, 0) is 35.8 Å². The number of fused-ring (bicyclic) bond motifs is 1. The molecule has 0 saturated heterocycles. The Labute approximate surface area is 109 Å². The molecule has 17 heavy (non-hydrogen) atoms. The molecular weight excluding hydrogens is 283 g/mol. The van der Waals surface area contributed by atoms with Crippen LogP contribution >= 0.6 is 15.9 Å². The number of hydrogen-bond acceptors (Lipinski definition) is 2. The topological polar surface area (TPSA) is 16.1 Å². The molecule has 1 heterocycles. The molecule has 0 aliphatic rings. The molecule has 0 bridgehead atoms. The first-order chi connectivity index (χ1) is 8.19. The average Bonchev–Trinajstić information content (AvgIpc) is 2.33. The molecule has 0 saturated carbocycles. The van der Waals surface area contributed by atoms with Crippen molar-refractivity contribution in [1.29, 1.82) is 0 Å². The maximum Gasteiger partial charge on any atom is 0.136 e. The molecule has 0 spiro atoms. The van der Waals surface area contributed by atoms with Gasteiger partial charge in [-0.3, -0.25) is 0 Å². The number of benzene rings is 1. The molecule has 1 aromatic heterocycles. The van der Waals surface area contributed by atoms with Crippen LogP contribution in [-0.2, 0) is 0 Å². The van der Waals surface area contributed by atoms with E-state index in [2.05, 4.69) is 39.7 Å². The van der Waals surface area contributed by atoms with Gasteiger partial charge in [-0.15, -0.1) is 0 Å². The van der Waals surface area contributed by atoms with Crippen molar-refractivity contribution in [2.24, 2.45) is 0 Å². The van der Waals surface area contributed by atoms with E-state index < -0.39 is 0 Å². The fourth-order valence-corrected chi connectivity index (χ4v) is 2.49. The molecule has 2 aromatic rings. The van der Waals surface area contributed by atoms with Crippen LogP contribution in [0, 0.1) is 5.82 Å². The highest BCUT2D eigenvalue weighted by molar-refractivity contribution is 9.10. The zero-order chi connectivity index (χ0) is 12.4. The summed E-state index contributed by atoms with van der Waals surface area (Å²) < 4.78 is 14.5. The number of rotatable bonds is 3. The Kier molecular flexibility index (Phi) is 3.62. The summed E-state index contributed by atoms with van der Waals surface area (Å²) in [6.45, 7) is 5.85. The summed E-state index contributed by atoms with van der Waals surface area (Å²) >= 11 is 3.35. The van der Waals surface area contributed by atoms with E-state index in [9.17, 15) is 4.39 Å². The van der Waals surface area contributed by atoms with E-state index in [-0.39, 0.29) is 5.82 Å². The van der Waals surface area contributed by atoms with Crippen LogP contribution in [0.1, 0.15) is 13.8 Å². The van der Waals surface area contributed by atoms with Crippen LogP contribution in [0.15, 0.2) is 28.9 Å². The summed E-state index contributed by atoms with van der Waals surface area (Å²) in [6.07, 6.45) is 1.67. The Morgan fingerprint density at radius 2 is 2.00 bits per heavy atom. The number of nitrogens with zero attached hydrogens (tertiary/aromatic N) is 2. The van der Waals surface area contributed by atoms with Gasteiger partial charge in [0.15, 0.2) is 0 Å². The Morgan fingerprint density at radius 3 is 2.65 bits per heavy atom. The van der Waals surface area contributed by atoms with E-state index in [1.807, 2.05) is 6.07 Å². The molecule has 0 aliphatic carbocycles. The van der Waals surface area contributed by atoms with Crippen LogP contribution in [0.25, 0.3) is 10.8 Å². The highest BCUT2D eigenvalue weighted by Crippen LogP contribution is 2.31. The molecule has 0 N–H and O–H groups in total. The molecule has 0 radical (unpaired) electrons. The minimum atomic E-state index is -0.217. The summed E-state index contributed by atoms with van der Waals surface area (Å²) in [6, 6.07) is 5.10. The maximum atomic E-state index is 13.8. The molecule has 0 unspecified atom stereocenters. The van der Waals surface area contributed by atoms with Crippen molar-refractivity contribution in [1.82, 2.24) is 4.98 Å². The van der Waals surface area contributed by atoms with Crippen molar-refractivity contribution in [3.8, 4) is 0 Å². The van der Waals surface area contributed by atoms with E-state index in [0.717, 1.165) is 24.3 Å². The highest BCUT2D eigenvalue weighted by Gasteiger charge is 2.13. The van der Waals surface area contributed by atoms with Crippen molar-refractivity contribution >= 4 is 32.5 Å². The molecule has 90 valence electrons. The first kappa shape index (κ1) is 12.3. The zero-order valence-corrected chi connectivity index (χ0v) is 11.5. The molecule has 2 nitrogen and oxygen atoms in total. The highest BCUT2D eigenvalue weighted by atomic mass is 79.9. The smallest absolute Gasteiger partial charge is 0.136 e. The molecule has 0 aliphatic heterocycles. The number of halogens is 2. The second-order valence-electron chi connectivity index (χ2n) is 3.76. The van der Waals surface area contributed by atoms with Gasteiger partial charge >= 0.3 is 0 Å². The number of hydrogen-bond donors (Lipinski definition) is 0. The second-order valence-corrected chi connectivity index (χ2v) is 4.62. The van der Waals surface area contributed by atoms with Gasteiger partial charge < -0.3 is 4.90 Å². The predicted molar refractivity (Wildman–Crippen MR) is 73.0 cm³/mol. The second kappa shape index (κ2) is 5.00. The van der Waals surface area contributed by atoms with Crippen LogP contribution in [0.3, 0.4) is 0 Å². The third kappa shape index (κ3) is 2.14. The first-order valence-electron chi connectivity index (χ1n) is 5.66. The van der Waals surface area contributed by atoms with Gasteiger partial charge in [0, 0.05) is 34.5 Å². The quantitative estimate of drug-likeness (QED) is 0.852. The Bertz CT molecular complexity index is 530. The van der Waals surface area contributed by atoms with Gasteiger partial charge in [-0.2, -0.15) is 0 Å². The third-order valence-corrected chi connectivity index (χ3v) is 3.46. The van der Waals surface area contributed by atoms with Gasteiger partial charge in [0.25, 0.3) is 0 Å². The summed E-state index contributed by atoms with van der Waals surface area (Å²) in [7, 11) is 0. The maximum absolute atomic E-state index is 13.8. The van der Waals surface area contributed by atoms with Crippen molar-refractivity contribution in [3.63, 3.8) is 0 Å². The van der Waals surface area contributed by atoms with Gasteiger partial charge in [0.05, 0.1) is 0 Å². The van der Waals surface area contributed by atoms with E-state index in [4.69, 9.17) is 0 Å². The predicted octanol–water partition coefficient (Wildman–Crippen LogP) is 3.98. The summed E-state index contributed by atoms with van der Waals surface area (Å²) in [5, 5.41) is 1.45. The third-order valence-electron chi connectivity index (χ3n) is 2.86. The van der Waals surface area contributed by atoms with Crippen molar-refractivity contribution in [2.45, 2.75) is 13.8 Å². The number of aromatic nitrogens is 1. The molecular formula is C13H14BrFN2. The normalized spacial score (nSPS) is 10.8. The standard InChI is InChI=1S/C13H14BrFN2/c1-3-17(4-2)13-9-6-5-7-11(15)12(9)10(14)8-16-13/h5-8H,3-4H2,1-2H3. The van der Waals surface area contributed by atoms with Gasteiger partial charge in [0.2, 0.25) is 0 Å². The van der Waals surface area contributed by atoms with Crippen LogP contribution < -0.4 is 4.90 Å². The Hall–Kier alpha value is -1.16. The lowest BCUT2D eigenvalue weighted by Crippen LogP contribution is -2.23. The first-order valence-corrected chi connectivity index (χ1v) is 6.46. The minimum absolute atomic E-state index is 0.217. The van der Waals surface area contributed by atoms with E-state index in [0.29, 0.717) is 9.86 Å². The van der Waals surface area contributed by atoms with Crippen LogP contribution in [0.2, 0.25) is 0 Å². The molecule has 4 heteroatoms. The SMILES string of the molecule is CCN(CC)c1ncc(Br)c2c(F)cccc12. The molecule has 0 fully saturated rings. The van der Waals surface area contributed by atoms with E-state index >= 15 is 0 Å².